The summed E-state index contributed by atoms with van der Waals surface area (Å²) in [5.41, 5.74) is 0.997. The SMILES string of the molecule is OCCN(CCO)Cc1nc2ccc(F)cc2o1. The van der Waals surface area contributed by atoms with Gasteiger partial charge in [0, 0.05) is 19.2 Å². The lowest BCUT2D eigenvalue weighted by molar-refractivity contribution is 0.147. The first-order valence-corrected chi connectivity index (χ1v) is 5.72. The van der Waals surface area contributed by atoms with Gasteiger partial charge in [-0.25, -0.2) is 9.37 Å². The van der Waals surface area contributed by atoms with E-state index in [1.807, 2.05) is 0 Å². The van der Waals surface area contributed by atoms with E-state index in [1.165, 1.54) is 12.1 Å². The molecule has 1 aromatic heterocycles. The molecule has 0 aliphatic carbocycles. The maximum absolute atomic E-state index is 13.0. The van der Waals surface area contributed by atoms with E-state index >= 15 is 0 Å². The van der Waals surface area contributed by atoms with Crippen molar-refractivity contribution in [2.45, 2.75) is 6.54 Å². The number of aliphatic hydroxyl groups is 2. The molecule has 98 valence electrons. The van der Waals surface area contributed by atoms with Crippen molar-refractivity contribution in [1.29, 1.82) is 0 Å². The van der Waals surface area contributed by atoms with Gasteiger partial charge in [-0.1, -0.05) is 0 Å². The minimum absolute atomic E-state index is 0.00510. The van der Waals surface area contributed by atoms with E-state index < -0.39 is 0 Å². The number of rotatable bonds is 6. The molecule has 0 spiro atoms. The number of fused-ring (bicyclic) bond motifs is 1. The quantitative estimate of drug-likeness (QED) is 0.796. The number of halogens is 1. The van der Waals surface area contributed by atoms with Crippen molar-refractivity contribution in [3.8, 4) is 0 Å². The summed E-state index contributed by atoms with van der Waals surface area (Å²) >= 11 is 0. The Labute approximate surface area is 103 Å². The highest BCUT2D eigenvalue weighted by molar-refractivity contribution is 5.72. The summed E-state index contributed by atoms with van der Waals surface area (Å²) in [7, 11) is 0. The van der Waals surface area contributed by atoms with Gasteiger partial charge in [0.25, 0.3) is 0 Å². The Kier molecular flexibility index (Phi) is 4.24. The van der Waals surface area contributed by atoms with E-state index in [-0.39, 0.29) is 19.0 Å². The third kappa shape index (κ3) is 3.04. The molecular weight excluding hydrogens is 239 g/mol. The lowest BCUT2D eigenvalue weighted by atomic mass is 10.3. The number of oxazole rings is 1. The summed E-state index contributed by atoms with van der Waals surface area (Å²) < 4.78 is 18.4. The molecule has 0 saturated heterocycles. The Morgan fingerprint density at radius 1 is 1.22 bits per heavy atom. The minimum atomic E-state index is -0.368. The highest BCUT2D eigenvalue weighted by Crippen LogP contribution is 2.17. The molecule has 0 atom stereocenters. The van der Waals surface area contributed by atoms with Crippen LogP contribution in [0.3, 0.4) is 0 Å². The second-order valence-corrected chi connectivity index (χ2v) is 3.94. The van der Waals surface area contributed by atoms with Gasteiger partial charge in [0.2, 0.25) is 5.89 Å². The summed E-state index contributed by atoms with van der Waals surface area (Å²) in [5, 5.41) is 17.8. The van der Waals surface area contributed by atoms with Crippen molar-refractivity contribution in [3.05, 3.63) is 29.9 Å². The molecule has 1 heterocycles. The third-order valence-electron chi connectivity index (χ3n) is 2.59. The van der Waals surface area contributed by atoms with Gasteiger partial charge in [-0.15, -0.1) is 0 Å². The van der Waals surface area contributed by atoms with E-state index in [0.717, 1.165) is 0 Å². The second-order valence-electron chi connectivity index (χ2n) is 3.94. The van der Waals surface area contributed by atoms with Crippen LogP contribution < -0.4 is 0 Å². The van der Waals surface area contributed by atoms with Crippen LogP contribution in [0, 0.1) is 5.82 Å². The van der Waals surface area contributed by atoms with Crippen molar-refractivity contribution in [3.63, 3.8) is 0 Å². The molecule has 6 heteroatoms. The Morgan fingerprint density at radius 2 is 1.94 bits per heavy atom. The first-order valence-electron chi connectivity index (χ1n) is 5.72. The maximum Gasteiger partial charge on any atom is 0.209 e. The van der Waals surface area contributed by atoms with Gasteiger partial charge in [-0.2, -0.15) is 0 Å². The molecule has 0 fully saturated rings. The first-order chi connectivity index (χ1) is 8.72. The molecule has 2 rings (SSSR count). The van der Waals surface area contributed by atoms with Crippen molar-refractivity contribution < 1.29 is 19.0 Å². The van der Waals surface area contributed by atoms with Crippen molar-refractivity contribution in [1.82, 2.24) is 9.88 Å². The zero-order chi connectivity index (χ0) is 13.0. The molecule has 0 saturated carbocycles. The zero-order valence-corrected chi connectivity index (χ0v) is 9.84. The zero-order valence-electron chi connectivity index (χ0n) is 9.84. The minimum Gasteiger partial charge on any atom is -0.439 e. The van der Waals surface area contributed by atoms with Crippen LogP contribution in [0.15, 0.2) is 22.6 Å². The lowest BCUT2D eigenvalue weighted by Gasteiger charge is -2.17. The average molecular weight is 254 g/mol. The summed E-state index contributed by atoms with van der Waals surface area (Å²) in [6.45, 7) is 1.21. The largest absolute Gasteiger partial charge is 0.439 e. The van der Waals surface area contributed by atoms with E-state index in [2.05, 4.69) is 4.98 Å². The van der Waals surface area contributed by atoms with Crippen molar-refractivity contribution >= 4 is 11.1 Å². The number of nitrogens with zero attached hydrogens (tertiary/aromatic N) is 2. The van der Waals surface area contributed by atoms with E-state index in [4.69, 9.17) is 14.6 Å². The first kappa shape index (κ1) is 12.9. The predicted octanol–water partition coefficient (Wildman–Crippen LogP) is 0.753. The monoisotopic (exact) mass is 254 g/mol. The van der Waals surface area contributed by atoms with Crippen LogP contribution in [0.5, 0.6) is 0 Å². The number of aliphatic hydroxyl groups excluding tert-OH is 2. The topological polar surface area (TPSA) is 69.7 Å². The van der Waals surface area contributed by atoms with Crippen LogP contribution in [-0.2, 0) is 6.54 Å². The van der Waals surface area contributed by atoms with Crippen LogP contribution in [0.2, 0.25) is 0 Å². The van der Waals surface area contributed by atoms with E-state index in [0.29, 0.717) is 36.6 Å². The van der Waals surface area contributed by atoms with Crippen LogP contribution in [0.25, 0.3) is 11.1 Å². The highest BCUT2D eigenvalue weighted by atomic mass is 19.1. The van der Waals surface area contributed by atoms with Gasteiger partial charge in [0.1, 0.15) is 11.3 Å². The molecule has 2 N–H and O–H groups in total. The Balaban J connectivity index is 2.14. The molecule has 2 aromatic rings. The summed E-state index contributed by atoms with van der Waals surface area (Å²) in [6, 6.07) is 4.17. The van der Waals surface area contributed by atoms with Gasteiger partial charge >= 0.3 is 0 Å². The molecule has 0 radical (unpaired) electrons. The smallest absolute Gasteiger partial charge is 0.209 e. The molecule has 5 nitrogen and oxygen atoms in total. The lowest BCUT2D eigenvalue weighted by Crippen LogP contribution is -2.29. The highest BCUT2D eigenvalue weighted by Gasteiger charge is 2.11. The van der Waals surface area contributed by atoms with E-state index in [9.17, 15) is 4.39 Å². The van der Waals surface area contributed by atoms with Crippen molar-refractivity contribution in [2.75, 3.05) is 26.3 Å². The molecule has 0 amide bonds. The van der Waals surface area contributed by atoms with Crippen LogP contribution >= 0.6 is 0 Å². The van der Waals surface area contributed by atoms with E-state index in [1.54, 1.807) is 11.0 Å². The van der Waals surface area contributed by atoms with Gasteiger partial charge < -0.3 is 14.6 Å². The molecule has 0 aliphatic heterocycles. The number of hydrogen-bond donors (Lipinski definition) is 2. The fourth-order valence-corrected chi connectivity index (χ4v) is 1.76. The number of benzene rings is 1. The van der Waals surface area contributed by atoms with Gasteiger partial charge in [0.15, 0.2) is 5.58 Å². The summed E-state index contributed by atoms with van der Waals surface area (Å²) in [4.78, 5) is 6.03. The fourth-order valence-electron chi connectivity index (χ4n) is 1.76. The average Bonchev–Trinajstić information content (AvgIpc) is 2.71. The summed E-state index contributed by atoms with van der Waals surface area (Å²) in [5.74, 6) is 0.0743. The standard InChI is InChI=1S/C12H15FN2O3/c13-9-1-2-10-11(7-9)18-12(14-10)8-15(3-5-16)4-6-17/h1-2,7,16-17H,3-6,8H2. The summed E-state index contributed by atoms with van der Waals surface area (Å²) in [6.07, 6.45) is 0. The van der Waals surface area contributed by atoms with Crippen LogP contribution in [0.1, 0.15) is 5.89 Å². The number of aromatic nitrogens is 1. The van der Waals surface area contributed by atoms with Crippen LogP contribution in [0.4, 0.5) is 4.39 Å². The van der Waals surface area contributed by atoms with Gasteiger partial charge in [0.05, 0.1) is 19.8 Å². The Morgan fingerprint density at radius 3 is 2.61 bits per heavy atom. The molecule has 0 bridgehead atoms. The molecule has 0 aliphatic rings. The van der Waals surface area contributed by atoms with Crippen molar-refractivity contribution in [2.24, 2.45) is 0 Å². The Hall–Kier alpha value is -1.50. The predicted molar refractivity (Wildman–Crippen MR) is 63.4 cm³/mol. The molecule has 0 unspecified atom stereocenters. The number of hydrogen-bond acceptors (Lipinski definition) is 5. The van der Waals surface area contributed by atoms with Gasteiger partial charge in [-0.05, 0) is 12.1 Å². The Bertz CT molecular complexity index is 509. The molecular formula is C12H15FN2O3. The maximum atomic E-state index is 13.0. The molecule has 1 aromatic carbocycles. The second kappa shape index (κ2) is 5.90. The third-order valence-corrected chi connectivity index (χ3v) is 2.59. The van der Waals surface area contributed by atoms with Crippen LogP contribution in [-0.4, -0.2) is 46.4 Å². The fraction of sp³-hybridized carbons (Fsp3) is 0.417. The van der Waals surface area contributed by atoms with Gasteiger partial charge in [-0.3, -0.25) is 4.90 Å². The molecule has 18 heavy (non-hydrogen) atoms. The normalized spacial score (nSPS) is 11.6.